The lowest BCUT2D eigenvalue weighted by molar-refractivity contribution is -0.299. The number of hydrogen-bond acceptors (Lipinski definition) is 7. The summed E-state index contributed by atoms with van der Waals surface area (Å²) in [7, 11) is 0. The van der Waals surface area contributed by atoms with Gasteiger partial charge in [0.05, 0.1) is 6.61 Å². The second-order valence-corrected chi connectivity index (χ2v) is 8.25. The van der Waals surface area contributed by atoms with Gasteiger partial charge in [-0.05, 0) is 6.42 Å². The van der Waals surface area contributed by atoms with Crippen molar-refractivity contribution in [2.24, 2.45) is 0 Å². The Kier molecular flexibility index (Phi) is 15.3. The van der Waals surface area contributed by atoms with Crippen LogP contribution in [0.25, 0.3) is 0 Å². The van der Waals surface area contributed by atoms with E-state index in [2.05, 4.69) is 12.2 Å². The predicted molar refractivity (Wildman–Crippen MR) is 114 cm³/mol. The van der Waals surface area contributed by atoms with Crippen molar-refractivity contribution < 1.29 is 34.7 Å². The van der Waals surface area contributed by atoms with Gasteiger partial charge >= 0.3 is 0 Å². The van der Waals surface area contributed by atoms with E-state index in [4.69, 9.17) is 14.6 Å². The van der Waals surface area contributed by atoms with Crippen LogP contribution < -0.4 is 5.32 Å². The molecule has 1 saturated heterocycles. The van der Waals surface area contributed by atoms with Crippen molar-refractivity contribution >= 4 is 5.91 Å². The highest BCUT2D eigenvalue weighted by molar-refractivity contribution is 5.77. The largest absolute Gasteiger partial charge is 0.394 e. The third-order valence-corrected chi connectivity index (χ3v) is 5.58. The molecule has 0 spiro atoms. The molecule has 5 N–H and O–H groups in total. The minimum atomic E-state index is -1.51. The first kappa shape index (κ1) is 27.3. The van der Waals surface area contributed by atoms with Crippen molar-refractivity contribution in [3.8, 4) is 0 Å². The molecule has 178 valence electrons. The molecular weight excluding hydrogens is 390 g/mol. The molecule has 0 aliphatic carbocycles. The molecule has 0 aromatic heterocycles. The van der Waals surface area contributed by atoms with Crippen molar-refractivity contribution in [1.82, 2.24) is 5.32 Å². The minimum Gasteiger partial charge on any atom is -0.394 e. The molecular formula is C22H43NO7. The molecule has 0 radical (unpaired) electrons. The van der Waals surface area contributed by atoms with Crippen LogP contribution in [-0.2, 0) is 14.3 Å². The van der Waals surface area contributed by atoms with Crippen LogP contribution in [0.2, 0.25) is 0 Å². The second-order valence-electron chi connectivity index (χ2n) is 8.25. The highest BCUT2D eigenvalue weighted by Gasteiger charge is 2.44. The Hall–Kier alpha value is -0.770. The first-order chi connectivity index (χ1) is 14.5. The van der Waals surface area contributed by atoms with Crippen LogP contribution in [0.1, 0.15) is 84.0 Å². The maximum Gasteiger partial charge on any atom is 0.246 e. The van der Waals surface area contributed by atoms with Crippen molar-refractivity contribution in [3.05, 3.63) is 0 Å². The van der Waals surface area contributed by atoms with Gasteiger partial charge in [-0.25, -0.2) is 0 Å². The van der Waals surface area contributed by atoms with Gasteiger partial charge in [-0.2, -0.15) is 0 Å². The number of rotatable bonds is 17. The Morgan fingerprint density at radius 3 is 1.90 bits per heavy atom. The number of amides is 1. The van der Waals surface area contributed by atoms with E-state index in [0.717, 1.165) is 12.8 Å². The van der Waals surface area contributed by atoms with Gasteiger partial charge in [-0.15, -0.1) is 0 Å². The van der Waals surface area contributed by atoms with Crippen molar-refractivity contribution in [2.75, 3.05) is 19.8 Å². The third-order valence-electron chi connectivity index (χ3n) is 5.58. The lowest BCUT2D eigenvalue weighted by atomic mass is 9.99. The van der Waals surface area contributed by atoms with Gasteiger partial charge in [0, 0.05) is 6.54 Å². The molecule has 8 heteroatoms. The second kappa shape index (κ2) is 16.9. The SMILES string of the molecule is CCCCCCCCCCCCCCNC(=O)CO[C@H]1O[C@H](CO)[C@@H](O)[C@H](O)[C@H]1O. The van der Waals surface area contributed by atoms with E-state index in [0.29, 0.717) is 6.54 Å². The zero-order chi connectivity index (χ0) is 22.2. The van der Waals surface area contributed by atoms with E-state index in [-0.39, 0.29) is 12.5 Å². The number of aliphatic hydroxyl groups is 4. The first-order valence-corrected chi connectivity index (χ1v) is 11.7. The molecule has 1 fully saturated rings. The summed E-state index contributed by atoms with van der Waals surface area (Å²) in [6, 6.07) is 0. The summed E-state index contributed by atoms with van der Waals surface area (Å²) in [6.07, 6.45) is 8.32. The maximum absolute atomic E-state index is 11.9. The molecule has 0 unspecified atom stereocenters. The molecule has 1 amide bonds. The van der Waals surface area contributed by atoms with Crippen LogP contribution in [-0.4, -0.2) is 76.8 Å². The van der Waals surface area contributed by atoms with E-state index >= 15 is 0 Å². The lowest BCUT2D eigenvalue weighted by Crippen LogP contribution is -2.59. The van der Waals surface area contributed by atoms with Crippen molar-refractivity contribution in [3.63, 3.8) is 0 Å². The normalized spacial score (nSPS) is 26.6. The quantitative estimate of drug-likeness (QED) is 0.221. The van der Waals surface area contributed by atoms with E-state index in [9.17, 15) is 20.1 Å². The zero-order valence-electron chi connectivity index (χ0n) is 18.5. The predicted octanol–water partition coefficient (Wildman–Crippen LogP) is 1.62. The van der Waals surface area contributed by atoms with Gasteiger partial charge in [-0.1, -0.05) is 77.6 Å². The summed E-state index contributed by atoms with van der Waals surface area (Å²) in [5.74, 6) is -0.338. The number of carbonyl (C=O) groups is 1. The van der Waals surface area contributed by atoms with Gasteiger partial charge in [-0.3, -0.25) is 4.79 Å². The van der Waals surface area contributed by atoms with E-state index < -0.39 is 37.3 Å². The molecule has 5 atom stereocenters. The van der Waals surface area contributed by atoms with Crippen LogP contribution >= 0.6 is 0 Å². The topological polar surface area (TPSA) is 128 Å². The fraction of sp³-hybridized carbons (Fsp3) is 0.955. The Labute approximate surface area is 181 Å². The van der Waals surface area contributed by atoms with Gasteiger partial charge in [0.1, 0.15) is 31.0 Å². The lowest BCUT2D eigenvalue weighted by Gasteiger charge is -2.39. The van der Waals surface area contributed by atoms with Crippen molar-refractivity contribution in [1.29, 1.82) is 0 Å². The molecule has 1 aliphatic heterocycles. The summed E-state index contributed by atoms with van der Waals surface area (Å²) in [6.45, 7) is 1.94. The number of nitrogens with one attached hydrogen (secondary N) is 1. The average Bonchev–Trinajstić information content (AvgIpc) is 2.75. The number of hydrogen-bond donors (Lipinski definition) is 5. The van der Waals surface area contributed by atoms with Crippen LogP contribution in [0.15, 0.2) is 0 Å². The molecule has 30 heavy (non-hydrogen) atoms. The number of unbranched alkanes of at least 4 members (excludes halogenated alkanes) is 11. The number of aliphatic hydroxyl groups excluding tert-OH is 4. The summed E-state index contributed by atoms with van der Waals surface area (Å²) in [5, 5.41) is 41.2. The molecule has 0 bridgehead atoms. The number of carbonyl (C=O) groups excluding carboxylic acids is 1. The Morgan fingerprint density at radius 1 is 0.833 bits per heavy atom. The van der Waals surface area contributed by atoms with E-state index in [1.807, 2.05) is 0 Å². The summed E-state index contributed by atoms with van der Waals surface area (Å²) < 4.78 is 10.4. The molecule has 0 saturated carbocycles. The van der Waals surface area contributed by atoms with Crippen LogP contribution in [0, 0.1) is 0 Å². The molecule has 0 aromatic rings. The molecule has 1 heterocycles. The summed E-state index contributed by atoms with van der Waals surface area (Å²) >= 11 is 0. The van der Waals surface area contributed by atoms with Crippen molar-refractivity contribution in [2.45, 2.75) is 115 Å². The van der Waals surface area contributed by atoms with Crippen LogP contribution in [0.4, 0.5) is 0 Å². The minimum absolute atomic E-state index is 0.332. The number of ether oxygens (including phenoxy) is 2. The Balaban J connectivity index is 1.97. The first-order valence-electron chi connectivity index (χ1n) is 11.7. The fourth-order valence-corrected chi connectivity index (χ4v) is 3.61. The highest BCUT2D eigenvalue weighted by Crippen LogP contribution is 2.21. The Morgan fingerprint density at radius 2 is 1.37 bits per heavy atom. The summed E-state index contributed by atoms with van der Waals surface area (Å²) in [5.41, 5.74) is 0. The van der Waals surface area contributed by atoms with Gasteiger partial charge in [0.25, 0.3) is 0 Å². The fourth-order valence-electron chi connectivity index (χ4n) is 3.61. The van der Waals surface area contributed by atoms with E-state index in [1.165, 1.54) is 64.2 Å². The van der Waals surface area contributed by atoms with Gasteiger partial charge in [0.2, 0.25) is 5.91 Å². The van der Waals surface area contributed by atoms with Gasteiger partial charge in [0.15, 0.2) is 6.29 Å². The zero-order valence-corrected chi connectivity index (χ0v) is 18.5. The molecule has 8 nitrogen and oxygen atoms in total. The summed E-state index contributed by atoms with van der Waals surface area (Å²) in [4.78, 5) is 11.9. The smallest absolute Gasteiger partial charge is 0.246 e. The van der Waals surface area contributed by atoms with Crippen LogP contribution in [0.3, 0.4) is 0 Å². The maximum atomic E-state index is 11.9. The van der Waals surface area contributed by atoms with E-state index in [1.54, 1.807) is 0 Å². The molecule has 0 aromatic carbocycles. The highest BCUT2D eigenvalue weighted by atomic mass is 16.7. The molecule has 1 aliphatic rings. The Bertz CT molecular complexity index is 436. The van der Waals surface area contributed by atoms with Crippen LogP contribution in [0.5, 0.6) is 0 Å². The standard InChI is InChI=1S/C22H43NO7/c1-2-3-4-5-6-7-8-9-10-11-12-13-14-23-18(25)16-29-22-21(28)20(27)19(26)17(15-24)30-22/h17,19-22,24,26-28H,2-16H2,1H3,(H,23,25)/t17-,19-,20+,21-,22+/m1/s1. The average molecular weight is 434 g/mol. The van der Waals surface area contributed by atoms with Gasteiger partial charge < -0.3 is 35.2 Å². The third kappa shape index (κ3) is 11.0. The molecule has 1 rings (SSSR count). The monoisotopic (exact) mass is 433 g/mol.